The van der Waals surface area contributed by atoms with E-state index < -0.39 is 114 Å². The third kappa shape index (κ3) is 18.0. The van der Waals surface area contributed by atoms with Crippen molar-refractivity contribution < 1.29 is 48.3 Å². The van der Waals surface area contributed by atoms with Gasteiger partial charge >= 0.3 is 5.97 Å². The molecule has 2 aromatic rings. The third-order valence-electron chi connectivity index (χ3n) is 11.0. The highest BCUT2D eigenvalue weighted by Gasteiger charge is 2.39. The van der Waals surface area contributed by atoms with Gasteiger partial charge in [-0.25, -0.2) is 9.78 Å². The second kappa shape index (κ2) is 27.4. The van der Waals surface area contributed by atoms with E-state index in [2.05, 4.69) is 52.2 Å². The fraction of sp³-hybridized carbons (Fsp3) is 0.558. The molecule has 1 saturated heterocycles. The zero-order valence-corrected chi connectivity index (χ0v) is 38.3. The second-order valence-corrected chi connectivity index (χ2v) is 16.5. The number of benzene rings is 1. The number of nitrogens with two attached hydrogens (primary N) is 3. The Morgan fingerprint density at radius 3 is 2.10 bits per heavy atom. The molecule has 368 valence electrons. The number of hydrogen-bond acceptors (Lipinski definition) is 12. The number of H-pyrrole nitrogens is 1. The molecule has 67 heavy (non-hydrogen) atoms. The number of likely N-dealkylation sites (tertiary alicyclic amines) is 1. The number of carboxylic acid groups (broad SMARTS) is 1. The Labute approximate surface area is 388 Å². The van der Waals surface area contributed by atoms with Crippen molar-refractivity contribution in [3.05, 3.63) is 54.1 Å². The van der Waals surface area contributed by atoms with Gasteiger partial charge in [-0.2, -0.15) is 0 Å². The predicted molar refractivity (Wildman–Crippen MR) is 244 cm³/mol. The molecule has 1 aliphatic heterocycles. The number of guanidine groups is 1. The first kappa shape index (κ1) is 54.2. The SMILES string of the molecule is CCC(C)C(NC(=O)CNC(=O)C(NC(=O)C(CCCN=C(N)N)NC(=O)CN)C(C)C)C(=O)NC(Cc1cnc[nH]1)C(=O)N1CCCC1C(=O)NCC(=O)NC(Cc1ccccc1)C(=O)O. The Morgan fingerprint density at radius 1 is 0.821 bits per heavy atom. The molecule has 7 atom stereocenters. The molecule has 8 amide bonds. The van der Waals surface area contributed by atoms with Gasteiger partial charge in [0.25, 0.3) is 0 Å². The van der Waals surface area contributed by atoms with E-state index in [0.29, 0.717) is 30.5 Å². The van der Waals surface area contributed by atoms with Crippen molar-refractivity contribution in [3.8, 4) is 0 Å². The van der Waals surface area contributed by atoms with Crippen LogP contribution in [0.25, 0.3) is 0 Å². The number of aromatic nitrogens is 2. The molecule has 0 radical (unpaired) electrons. The van der Waals surface area contributed by atoms with Gasteiger partial charge in [-0.1, -0.05) is 64.4 Å². The lowest BCUT2D eigenvalue weighted by Crippen LogP contribution is -2.59. The molecule has 1 fully saturated rings. The molecule has 0 spiro atoms. The Morgan fingerprint density at radius 2 is 1.49 bits per heavy atom. The van der Waals surface area contributed by atoms with E-state index in [4.69, 9.17) is 17.2 Å². The van der Waals surface area contributed by atoms with Gasteiger partial charge in [0.2, 0.25) is 47.3 Å². The Bertz CT molecular complexity index is 2030. The maximum atomic E-state index is 14.3. The topological polar surface area (TPSA) is 380 Å². The van der Waals surface area contributed by atoms with Crippen molar-refractivity contribution in [1.82, 2.24) is 52.1 Å². The van der Waals surface area contributed by atoms with Crippen molar-refractivity contribution >= 4 is 59.2 Å². The van der Waals surface area contributed by atoms with Gasteiger partial charge in [0.05, 0.1) is 26.0 Å². The zero-order chi connectivity index (χ0) is 49.6. The van der Waals surface area contributed by atoms with Gasteiger partial charge in [0.15, 0.2) is 5.96 Å². The van der Waals surface area contributed by atoms with Crippen molar-refractivity contribution in [2.75, 3.05) is 32.7 Å². The summed E-state index contributed by atoms with van der Waals surface area (Å²) in [7, 11) is 0. The molecule has 0 aliphatic carbocycles. The van der Waals surface area contributed by atoms with Crippen LogP contribution in [-0.4, -0.2) is 148 Å². The largest absolute Gasteiger partial charge is 0.480 e. The van der Waals surface area contributed by atoms with E-state index >= 15 is 0 Å². The number of aromatic amines is 1. The summed E-state index contributed by atoms with van der Waals surface area (Å²) >= 11 is 0. The molecule has 7 unspecified atom stereocenters. The van der Waals surface area contributed by atoms with Gasteiger partial charge in [-0.05, 0) is 43.1 Å². The fourth-order valence-corrected chi connectivity index (χ4v) is 7.18. The van der Waals surface area contributed by atoms with E-state index in [1.807, 2.05) is 0 Å². The summed E-state index contributed by atoms with van der Waals surface area (Å²) in [4.78, 5) is 131. The Hall–Kier alpha value is -7.11. The van der Waals surface area contributed by atoms with Gasteiger partial charge in [-0.3, -0.25) is 43.3 Å². The minimum absolute atomic E-state index is 0.0221. The maximum Gasteiger partial charge on any atom is 0.326 e. The normalized spacial score (nSPS) is 15.9. The van der Waals surface area contributed by atoms with Crippen LogP contribution in [0, 0.1) is 11.8 Å². The van der Waals surface area contributed by atoms with Crippen LogP contribution in [0.5, 0.6) is 0 Å². The van der Waals surface area contributed by atoms with Crippen LogP contribution in [-0.2, 0) is 56.0 Å². The number of aliphatic imine (C=N–C) groups is 1. The number of hydrogen-bond donors (Lipinski definition) is 12. The number of amides is 8. The third-order valence-corrected chi connectivity index (χ3v) is 11.0. The molecule has 1 aromatic carbocycles. The average molecular weight is 939 g/mol. The average Bonchev–Trinajstić information content (AvgIpc) is 4.01. The molecule has 3 rings (SSSR count). The molecule has 1 aliphatic rings. The first-order valence-corrected chi connectivity index (χ1v) is 22.2. The van der Waals surface area contributed by atoms with Crippen LogP contribution in [0.3, 0.4) is 0 Å². The number of rotatable bonds is 27. The Kier molecular flexibility index (Phi) is 22.2. The van der Waals surface area contributed by atoms with Gasteiger partial charge < -0.3 is 69.4 Å². The lowest BCUT2D eigenvalue weighted by atomic mass is 9.97. The summed E-state index contributed by atoms with van der Waals surface area (Å²) in [6.07, 6.45) is 4.36. The van der Waals surface area contributed by atoms with Gasteiger partial charge in [0, 0.05) is 37.8 Å². The van der Waals surface area contributed by atoms with E-state index in [9.17, 15) is 48.3 Å². The van der Waals surface area contributed by atoms with E-state index in [-0.39, 0.29) is 51.3 Å². The smallest absolute Gasteiger partial charge is 0.326 e. The summed E-state index contributed by atoms with van der Waals surface area (Å²) in [6, 6.07) is 1.81. The summed E-state index contributed by atoms with van der Waals surface area (Å²) in [5, 5.41) is 27.6. The lowest BCUT2D eigenvalue weighted by molar-refractivity contribution is -0.143. The van der Waals surface area contributed by atoms with Crippen molar-refractivity contribution in [2.45, 2.75) is 109 Å². The molecule has 24 heteroatoms. The maximum absolute atomic E-state index is 14.3. The molecule has 0 bridgehead atoms. The number of nitrogens with zero attached hydrogens (tertiary/aromatic N) is 3. The van der Waals surface area contributed by atoms with Crippen LogP contribution in [0.4, 0.5) is 0 Å². The number of carbonyl (C=O) groups excluding carboxylic acids is 8. The first-order chi connectivity index (χ1) is 31.8. The van der Waals surface area contributed by atoms with Crippen LogP contribution in [0.1, 0.15) is 71.1 Å². The molecule has 2 heterocycles. The fourth-order valence-electron chi connectivity index (χ4n) is 7.18. The van der Waals surface area contributed by atoms with Crippen molar-refractivity contribution in [3.63, 3.8) is 0 Å². The molecule has 1 aromatic heterocycles. The molecule has 24 nitrogen and oxygen atoms in total. The van der Waals surface area contributed by atoms with E-state index in [1.54, 1.807) is 58.0 Å². The summed E-state index contributed by atoms with van der Waals surface area (Å²) in [5.74, 6) is -7.78. The zero-order valence-electron chi connectivity index (χ0n) is 38.3. The number of aliphatic carboxylic acids is 1. The van der Waals surface area contributed by atoms with Crippen LogP contribution in [0.15, 0.2) is 47.8 Å². The highest BCUT2D eigenvalue weighted by atomic mass is 16.4. The molecule has 15 N–H and O–H groups in total. The minimum Gasteiger partial charge on any atom is -0.480 e. The second-order valence-electron chi connectivity index (χ2n) is 16.5. The van der Waals surface area contributed by atoms with Gasteiger partial charge in [-0.15, -0.1) is 0 Å². The van der Waals surface area contributed by atoms with E-state index in [1.165, 1.54) is 17.4 Å². The highest BCUT2D eigenvalue weighted by Crippen LogP contribution is 2.20. The highest BCUT2D eigenvalue weighted by molar-refractivity contribution is 5.97. The number of imidazole rings is 1. The molecule has 0 saturated carbocycles. The minimum atomic E-state index is -1.25. The molecular weight excluding hydrogens is 873 g/mol. The number of nitrogens with one attached hydrogen (secondary N) is 8. The molecular formula is C43H66N14O10. The summed E-state index contributed by atoms with van der Waals surface area (Å²) < 4.78 is 0. The quantitative estimate of drug-likeness (QED) is 0.0237. The lowest BCUT2D eigenvalue weighted by Gasteiger charge is -2.30. The van der Waals surface area contributed by atoms with Crippen molar-refractivity contribution in [2.24, 2.45) is 34.0 Å². The number of carboxylic acids is 1. The van der Waals surface area contributed by atoms with E-state index in [0.717, 1.165) is 0 Å². The first-order valence-electron chi connectivity index (χ1n) is 22.2. The predicted octanol–water partition coefficient (Wildman–Crippen LogP) is -3.36. The number of carbonyl (C=O) groups is 9. The van der Waals surface area contributed by atoms with Gasteiger partial charge in [0.1, 0.15) is 36.3 Å². The van der Waals surface area contributed by atoms with Crippen molar-refractivity contribution in [1.29, 1.82) is 0 Å². The summed E-state index contributed by atoms with van der Waals surface area (Å²) in [6.45, 7) is 5.67. The Balaban J connectivity index is 1.67. The summed E-state index contributed by atoms with van der Waals surface area (Å²) in [5.41, 5.74) is 17.3. The standard InChI is InChI=1S/C43H66N14O10/c1-5-25(4)36(55-34(60)22-50-39(63)35(24(2)3)56-37(61)28(52-32(58)19-44)13-9-15-48-43(45)46)40(64)54-29(18-27-20-47-23-51-27)41(65)57-16-10-14-31(57)38(62)49-21-33(59)53-30(42(66)67)17-26-11-7-6-8-12-26/h6-8,11-12,20,23-25,28-31,35-36H,5,9-10,13-19,21-22,44H2,1-4H3,(H,47,51)(H,49,62)(H,50,63)(H,52,58)(H,53,59)(H,54,64)(H,55,60)(H,56,61)(H,66,67)(H4,45,46,48). The van der Waals surface area contributed by atoms with Crippen LogP contribution < -0.4 is 54.4 Å². The monoisotopic (exact) mass is 939 g/mol. The van der Waals surface area contributed by atoms with Crippen LogP contribution in [0.2, 0.25) is 0 Å². The van der Waals surface area contributed by atoms with Crippen LogP contribution >= 0.6 is 0 Å².